The number of nitrogens with one attached hydrogen (secondary N) is 2. The monoisotopic (exact) mass is 169 g/mol. The van der Waals surface area contributed by atoms with Gasteiger partial charge in [-0.2, -0.15) is 5.26 Å². The molecule has 4 heteroatoms. The zero-order chi connectivity index (χ0) is 9.61. The molecule has 0 fully saturated rings. The molecule has 12 heavy (non-hydrogen) atoms. The minimum atomic E-state index is -0.560. The van der Waals surface area contributed by atoms with Gasteiger partial charge in [0.25, 0.3) is 0 Å². The average molecular weight is 169 g/mol. The number of hydrogen-bond acceptors (Lipinski definition) is 3. The molecule has 0 saturated heterocycles. The first kappa shape index (κ1) is 10.9. The number of carbonyl (C=O) groups is 1. The van der Waals surface area contributed by atoms with E-state index in [1.54, 1.807) is 20.9 Å². The minimum absolute atomic E-state index is 0.0831. The molecule has 0 rings (SSSR count). The lowest BCUT2D eigenvalue weighted by molar-refractivity contribution is -0.126. The van der Waals surface area contributed by atoms with E-state index in [9.17, 15) is 4.79 Å². The number of nitriles is 1. The normalized spacial score (nSPS) is 10.5. The Morgan fingerprint density at radius 2 is 2.17 bits per heavy atom. The van der Waals surface area contributed by atoms with Gasteiger partial charge in [-0.15, -0.1) is 0 Å². The van der Waals surface area contributed by atoms with Gasteiger partial charge in [-0.05, 0) is 20.9 Å². The zero-order valence-electron chi connectivity index (χ0n) is 7.77. The summed E-state index contributed by atoms with van der Waals surface area (Å²) in [5.41, 5.74) is -0.560. The summed E-state index contributed by atoms with van der Waals surface area (Å²) in [4.78, 5) is 11.3. The molecule has 0 aliphatic rings. The van der Waals surface area contributed by atoms with E-state index in [4.69, 9.17) is 5.26 Å². The van der Waals surface area contributed by atoms with Crippen LogP contribution in [-0.4, -0.2) is 25.0 Å². The third kappa shape index (κ3) is 3.35. The third-order valence-corrected chi connectivity index (χ3v) is 1.72. The van der Waals surface area contributed by atoms with E-state index in [2.05, 4.69) is 10.6 Å². The van der Waals surface area contributed by atoms with Crippen molar-refractivity contribution in [3.8, 4) is 6.07 Å². The molecule has 0 aromatic heterocycles. The molecule has 2 N–H and O–H groups in total. The Bertz CT molecular complexity index is 193. The molecule has 0 heterocycles. The van der Waals surface area contributed by atoms with E-state index in [-0.39, 0.29) is 5.91 Å². The summed E-state index contributed by atoms with van der Waals surface area (Å²) in [7, 11) is 1.73. The Kier molecular flexibility index (Phi) is 4.30. The van der Waals surface area contributed by atoms with Crippen molar-refractivity contribution in [2.45, 2.75) is 25.8 Å². The Morgan fingerprint density at radius 1 is 1.58 bits per heavy atom. The predicted octanol–water partition coefficient (Wildman–Crippen LogP) is 0.0143. The molecular formula is C8H15N3O. The number of rotatable bonds is 4. The Balaban J connectivity index is 3.81. The lowest BCUT2D eigenvalue weighted by atomic mass is 10.1. The number of carbonyl (C=O) groups excluding carboxylic acids is 1. The van der Waals surface area contributed by atoms with E-state index >= 15 is 0 Å². The predicted molar refractivity (Wildman–Crippen MR) is 46.4 cm³/mol. The van der Waals surface area contributed by atoms with Crippen LogP contribution in [0.5, 0.6) is 0 Å². The maximum atomic E-state index is 11.3. The third-order valence-electron chi connectivity index (χ3n) is 1.72. The molecule has 0 spiro atoms. The summed E-state index contributed by atoms with van der Waals surface area (Å²) in [5, 5.41) is 13.7. The summed E-state index contributed by atoms with van der Waals surface area (Å²) in [6.45, 7) is 3.99. The molecule has 0 atom stereocenters. The molecule has 0 bridgehead atoms. The topological polar surface area (TPSA) is 64.9 Å². The average Bonchev–Trinajstić information content (AvgIpc) is 2.05. The van der Waals surface area contributed by atoms with Gasteiger partial charge in [-0.1, -0.05) is 0 Å². The Morgan fingerprint density at radius 3 is 2.58 bits per heavy atom. The van der Waals surface area contributed by atoms with Gasteiger partial charge in [-0.25, -0.2) is 0 Å². The second-order valence-corrected chi connectivity index (χ2v) is 3.04. The van der Waals surface area contributed by atoms with Crippen molar-refractivity contribution in [1.29, 1.82) is 5.26 Å². The highest BCUT2D eigenvalue weighted by Gasteiger charge is 2.24. The van der Waals surface area contributed by atoms with Crippen LogP contribution in [0.15, 0.2) is 0 Å². The van der Waals surface area contributed by atoms with Crippen LogP contribution in [-0.2, 0) is 4.79 Å². The maximum Gasteiger partial charge on any atom is 0.239 e. The molecule has 0 unspecified atom stereocenters. The van der Waals surface area contributed by atoms with Gasteiger partial charge in [0.05, 0.1) is 18.0 Å². The molecular weight excluding hydrogens is 154 g/mol. The van der Waals surface area contributed by atoms with E-state index in [1.165, 1.54) is 0 Å². The molecule has 0 saturated carbocycles. The molecule has 0 aromatic carbocycles. The van der Waals surface area contributed by atoms with Crippen molar-refractivity contribution < 1.29 is 4.79 Å². The van der Waals surface area contributed by atoms with Crippen molar-refractivity contribution >= 4 is 5.91 Å². The second kappa shape index (κ2) is 4.73. The maximum absolute atomic E-state index is 11.3. The van der Waals surface area contributed by atoms with Crippen LogP contribution in [0.3, 0.4) is 0 Å². The molecule has 1 amide bonds. The molecule has 0 aliphatic carbocycles. The van der Waals surface area contributed by atoms with E-state index in [1.807, 2.05) is 6.07 Å². The highest BCUT2D eigenvalue weighted by molar-refractivity contribution is 5.85. The van der Waals surface area contributed by atoms with E-state index < -0.39 is 5.54 Å². The van der Waals surface area contributed by atoms with E-state index in [0.29, 0.717) is 13.0 Å². The van der Waals surface area contributed by atoms with Crippen LogP contribution in [0.4, 0.5) is 0 Å². The molecule has 0 aliphatic heterocycles. The number of nitrogens with zero attached hydrogens (tertiary/aromatic N) is 1. The first-order valence-corrected chi connectivity index (χ1v) is 3.88. The van der Waals surface area contributed by atoms with Crippen molar-refractivity contribution in [1.82, 2.24) is 10.6 Å². The van der Waals surface area contributed by atoms with Crippen LogP contribution >= 0.6 is 0 Å². The molecule has 0 aromatic rings. The highest BCUT2D eigenvalue weighted by atomic mass is 16.2. The Hall–Kier alpha value is -1.08. The summed E-state index contributed by atoms with van der Waals surface area (Å²) in [5.74, 6) is -0.0831. The Labute approximate surface area is 72.9 Å². The highest BCUT2D eigenvalue weighted by Crippen LogP contribution is 1.99. The molecule has 68 valence electrons. The van der Waals surface area contributed by atoms with Gasteiger partial charge in [-0.3, -0.25) is 4.79 Å². The van der Waals surface area contributed by atoms with Crippen molar-refractivity contribution in [2.75, 3.05) is 13.6 Å². The second-order valence-electron chi connectivity index (χ2n) is 3.04. The summed E-state index contributed by atoms with van der Waals surface area (Å²) < 4.78 is 0. The van der Waals surface area contributed by atoms with Gasteiger partial charge in [0.15, 0.2) is 0 Å². The largest absolute Gasteiger partial charge is 0.353 e. The summed E-state index contributed by atoms with van der Waals surface area (Å²) >= 11 is 0. The van der Waals surface area contributed by atoms with Crippen molar-refractivity contribution in [2.24, 2.45) is 0 Å². The summed E-state index contributed by atoms with van der Waals surface area (Å²) in [6, 6.07) is 1.96. The number of hydrogen-bond donors (Lipinski definition) is 2. The molecule has 4 nitrogen and oxygen atoms in total. The minimum Gasteiger partial charge on any atom is -0.353 e. The van der Waals surface area contributed by atoms with Gasteiger partial charge < -0.3 is 10.6 Å². The standard InChI is InChI=1S/C8H15N3O/c1-8(2,10-3)7(12)11-6-4-5-9/h10H,4,6H2,1-3H3,(H,11,12). The fraction of sp³-hybridized carbons (Fsp3) is 0.750. The van der Waals surface area contributed by atoms with Gasteiger partial charge in [0.1, 0.15) is 0 Å². The zero-order valence-corrected chi connectivity index (χ0v) is 7.77. The molecule has 0 radical (unpaired) electrons. The van der Waals surface area contributed by atoms with Crippen LogP contribution in [0.25, 0.3) is 0 Å². The first-order valence-electron chi connectivity index (χ1n) is 3.88. The van der Waals surface area contributed by atoms with Crippen LogP contribution in [0.1, 0.15) is 20.3 Å². The van der Waals surface area contributed by atoms with Crippen molar-refractivity contribution in [3.05, 3.63) is 0 Å². The van der Waals surface area contributed by atoms with Gasteiger partial charge >= 0.3 is 0 Å². The van der Waals surface area contributed by atoms with Crippen LogP contribution in [0.2, 0.25) is 0 Å². The van der Waals surface area contributed by atoms with Gasteiger partial charge in [0, 0.05) is 6.54 Å². The lowest BCUT2D eigenvalue weighted by Crippen LogP contribution is -2.51. The number of likely N-dealkylation sites (N-methyl/N-ethyl adjacent to an activating group) is 1. The van der Waals surface area contributed by atoms with Crippen LogP contribution < -0.4 is 10.6 Å². The fourth-order valence-corrected chi connectivity index (χ4v) is 0.566. The number of amides is 1. The lowest BCUT2D eigenvalue weighted by Gasteiger charge is -2.22. The van der Waals surface area contributed by atoms with Gasteiger partial charge in [0.2, 0.25) is 5.91 Å². The smallest absolute Gasteiger partial charge is 0.239 e. The summed E-state index contributed by atoms with van der Waals surface area (Å²) in [6.07, 6.45) is 0.353. The quantitative estimate of drug-likeness (QED) is 0.583. The SMILES string of the molecule is CNC(C)(C)C(=O)NCCC#N. The first-order chi connectivity index (χ1) is 5.54. The van der Waals surface area contributed by atoms with E-state index in [0.717, 1.165) is 0 Å². The van der Waals surface area contributed by atoms with Crippen molar-refractivity contribution in [3.63, 3.8) is 0 Å². The fourth-order valence-electron chi connectivity index (χ4n) is 0.566. The van der Waals surface area contributed by atoms with Crippen LogP contribution in [0, 0.1) is 11.3 Å².